The minimum absolute atomic E-state index is 0.0379. The molecule has 1 unspecified atom stereocenters. The molecule has 0 aromatic heterocycles. The van der Waals surface area contributed by atoms with Gasteiger partial charge in [-0.25, -0.2) is 8.42 Å². The van der Waals surface area contributed by atoms with Crippen LogP contribution in [-0.4, -0.2) is 14.2 Å². The van der Waals surface area contributed by atoms with Gasteiger partial charge in [0.2, 0.25) is 0 Å². The molecule has 1 aliphatic heterocycles. The topological polar surface area (TPSA) is 46.2 Å². The summed E-state index contributed by atoms with van der Waals surface area (Å²) in [5, 5.41) is 4.03. The van der Waals surface area contributed by atoms with E-state index in [2.05, 4.69) is 5.32 Å². The van der Waals surface area contributed by atoms with Crippen molar-refractivity contribution in [3.8, 4) is 0 Å². The summed E-state index contributed by atoms with van der Waals surface area (Å²) >= 11 is 6.22. The standard InChI is InChI=1S/C16H16ClNO2S/c1-11-6-7-13(17)15(10-11)18-14-8-9-21(19,20)16-5-3-2-4-12(14)16/h2-7,10,14,18H,8-9H2,1H3. The van der Waals surface area contributed by atoms with Gasteiger partial charge in [0.1, 0.15) is 0 Å². The average Bonchev–Trinajstić information content (AvgIpc) is 2.46. The first-order valence-electron chi connectivity index (χ1n) is 6.82. The van der Waals surface area contributed by atoms with Crippen LogP contribution >= 0.6 is 11.6 Å². The lowest BCUT2D eigenvalue weighted by atomic mass is 10.0. The highest BCUT2D eigenvalue weighted by molar-refractivity contribution is 7.91. The molecule has 3 nitrogen and oxygen atoms in total. The van der Waals surface area contributed by atoms with Crippen LogP contribution in [0.15, 0.2) is 47.4 Å². The van der Waals surface area contributed by atoms with Crippen LogP contribution in [0.25, 0.3) is 0 Å². The molecule has 0 spiro atoms. The molecule has 0 bridgehead atoms. The summed E-state index contributed by atoms with van der Waals surface area (Å²) in [5.41, 5.74) is 2.77. The van der Waals surface area contributed by atoms with Crippen LogP contribution in [0.3, 0.4) is 0 Å². The number of aryl methyl sites for hydroxylation is 1. The number of sulfone groups is 1. The van der Waals surface area contributed by atoms with Crippen LogP contribution in [0.2, 0.25) is 5.02 Å². The van der Waals surface area contributed by atoms with Crippen molar-refractivity contribution in [1.29, 1.82) is 0 Å². The highest BCUT2D eigenvalue weighted by atomic mass is 35.5. The molecule has 0 saturated carbocycles. The zero-order chi connectivity index (χ0) is 15.0. The minimum atomic E-state index is -3.16. The van der Waals surface area contributed by atoms with Gasteiger partial charge in [-0.05, 0) is 42.7 Å². The minimum Gasteiger partial charge on any atom is -0.377 e. The number of rotatable bonds is 2. The Kier molecular flexibility index (Phi) is 3.68. The number of hydrogen-bond acceptors (Lipinski definition) is 3. The van der Waals surface area contributed by atoms with Gasteiger partial charge < -0.3 is 5.32 Å². The lowest BCUT2D eigenvalue weighted by Crippen LogP contribution is -2.24. The maximum absolute atomic E-state index is 12.1. The smallest absolute Gasteiger partial charge is 0.178 e. The van der Waals surface area contributed by atoms with E-state index in [0.29, 0.717) is 16.3 Å². The average molecular weight is 322 g/mol. The Morgan fingerprint density at radius 3 is 2.76 bits per heavy atom. The largest absolute Gasteiger partial charge is 0.377 e. The third-order valence-corrected chi connectivity index (χ3v) is 5.90. The fraction of sp³-hybridized carbons (Fsp3) is 0.250. The van der Waals surface area contributed by atoms with Crippen molar-refractivity contribution in [3.63, 3.8) is 0 Å². The second-order valence-electron chi connectivity index (χ2n) is 5.33. The second kappa shape index (κ2) is 5.35. The van der Waals surface area contributed by atoms with Crippen molar-refractivity contribution in [1.82, 2.24) is 0 Å². The quantitative estimate of drug-likeness (QED) is 0.910. The van der Waals surface area contributed by atoms with Gasteiger partial charge in [0.05, 0.1) is 27.4 Å². The highest BCUT2D eigenvalue weighted by Crippen LogP contribution is 2.36. The van der Waals surface area contributed by atoms with Crippen molar-refractivity contribution in [2.75, 3.05) is 11.1 Å². The molecule has 1 heterocycles. The SMILES string of the molecule is Cc1ccc(Cl)c(NC2CCS(=O)(=O)c3ccccc32)c1. The van der Waals surface area contributed by atoms with E-state index in [-0.39, 0.29) is 11.8 Å². The van der Waals surface area contributed by atoms with Crippen LogP contribution in [0.5, 0.6) is 0 Å². The number of hydrogen-bond donors (Lipinski definition) is 1. The van der Waals surface area contributed by atoms with Gasteiger partial charge in [0.25, 0.3) is 0 Å². The van der Waals surface area contributed by atoms with E-state index in [1.807, 2.05) is 37.3 Å². The molecule has 1 N–H and O–H groups in total. The van der Waals surface area contributed by atoms with Gasteiger partial charge in [-0.1, -0.05) is 35.9 Å². The zero-order valence-electron chi connectivity index (χ0n) is 11.6. The fourth-order valence-electron chi connectivity index (χ4n) is 2.68. The molecular weight excluding hydrogens is 306 g/mol. The normalized spacial score (nSPS) is 19.8. The van der Waals surface area contributed by atoms with Crippen LogP contribution < -0.4 is 5.32 Å². The molecule has 2 aromatic carbocycles. The molecule has 0 amide bonds. The summed E-state index contributed by atoms with van der Waals surface area (Å²) in [6.45, 7) is 2.00. The zero-order valence-corrected chi connectivity index (χ0v) is 13.2. The van der Waals surface area contributed by atoms with Crippen molar-refractivity contribution < 1.29 is 8.42 Å². The Hall–Kier alpha value is -1.52. The molecule has 2 aromatic rings. The molecule has 21 heavy (non-hydrogen) atoms. The number of fused-ring (bicyclic) bond motifs is 1. The third-order valence-electron chi connectivity index (χ3n) is 3.76. The molecule has 5 heteroatoms. The van der Waals surface area contributed by atoms with Crippen LogP contribution in [0.4, 0.5) is 5.69 Å². The predicted molar refractivity (Wildman–Crippen MR) is 85.7 cm³/mol. The predicted octanol–water partition coefficient (Wildman–Crippen LogP) is 3.98. The lowest BCUT2D eigenvalue weighted by Gasteiger charge is -2.27. The van der Waals surface area contributed by atoms with Crippen LogP contribution in [0.1, 0.15) is 23.6 Å². The Balaban J connectivity index is 1.99. The van der Waals surface area contributed by atoms with Crippen molar-refractivity contribution >= 4 is 27.1 Å². The first-order valence-corrected chi connectivity index (χ1v) is 8.85. The summed E-state index contributed by atoms with van der Waals surface area (Å²) in [5.74, 6) is 0.158. The first-order chi connectivity index (χ1) is 9.97. The van der Waals surface area contributed by atoms with Gasteiger partial charge >= 0.3 is 0 Å². The molecule has 110 valence electrons. The number of nitrogens with one attached hydrogen (secondary N) is 1. The first kappa shape index (κ1) is 14.4. The summed E-state index contributed by atoms with van der Waals surface area (Å²) in [4.78, 5) is 0.428. The number of halogens is 1. The van der Waals surface area contributed by atoms with Gasteiger partial charge in [0.15, 0.2) is 9.84 Å². The van der Waals surface area contributed by atoms with Crippen molar-refractivity contribution in [3.05, 3.63) is 58.6 Å². The number of anilines is 1. The van der Waals surface area contributed by atoms with Gasteiger partial charge in [-0.15, -0.1) is 0 Å². The second-order valence-corrected chi connectivity index (χ2v) is 7.81. The van der Waals surface area contributed by atoms with E-state index in [0.717, 1.165) is 16.8 Å². The summed E-state index contributed by atoms with van der Waals surface area (Å²) in [7, 11) is -3.16. The molecular formula is C16H16ClNO2S. The van der Waals surface area contributed by atoms with E-state index in [4.69, 9.17) is 11.6 Å². The molecule has 1 atom stereocenters. The van der Waals surface area contributed by atoms with Crippen molar-refractivity contribution in [2.45, 2.75) is 24.3 Å². The molecule has 3 rings (SSSR count). The Labute approximate surface area is 129 Å². The summed E-state index contributed by atoms with van der Waals surface area (Å²) < 4.78 is 24.3. The Morgan fingerprint density at radius 1 is 1.19 bits per heavy atom. The van der Waals surface area contributed by atoms with E-state index >= 15 is 0 Å². The number of benzene rings is 2. The van der Waals surface area contributed by atoms with Gasteiger partial charge in [-0.3, -0.25) is 0 Å². The summed E-state index contributed by atoms with van der Waals surface area (Å²) in [6, 6.07) is 12.9. The third kappa shape index (κ3) is 2.78. The van der Waals surface area contributed by atoms with E-state index in [1.54, 1.807) is 12.1 Å². The monoisotopic (exact) mass is 321 g/mol. The van der Waals surface area contributed by atoms with Gasteiger partial charge in [0, 0.05) is 0 Å². The molecule has 1 aliphatic rings. The molecule has 0 aliphatic carbocycles. The van der Waals surface area contributed by atoms with E-state index in [9.17, 15) is 8.42 Å². The van der Waals surface area contributed by atoms with E-state index in [1.165, 1.54) is 0 Å². The molecule has 0 radical (unpaired) electrons. The van der Waals surface area contributed by atoms with Crippen LogP contribution in [0, 0.1) is 6.92 Å². The van der Waals surface area contributed by atoms with Gasteiger partial charge in [-0.2, -0.15) is 0 Å². The highest BCUT2D eigenvalue weighted by Gasteiger charge is 2.30. The fourth-order valence-corrected chi connectivity index (χ4v) is 4.47. The molecule has 0 fully saturated rings. The maximum Gasteiger partial charge on any atom is 0.178 e. The Morgan fingerprint density at radius 2 is 1.95 bits per heavy atom. The van der Waals surface area contributed by atoms with Crippen molar-refractivity contribution in [2.24, 2.45) is 0 Å². The lowest BCUT2D eigenvalue weighted by molar-refractivity contribution is 0.576. The Bertz CT molecular complexity index is 787. The summed E-state index contributed by atoms with van der Waals surface area (Å²) in [6.07, 6.45) is 0.545. The molecule has 0 saturated heterocycles. The van der Waals surface area contributed by atoms with Crippen LogP contribution in [-0.2, 0) is 9.84 Å². The van der Waals surface area contributed by atoms with E-state index < -0.39 is 9.84 Å². The maximum atomic E-state index is 12.1.